The van der Waals surface area contributed by atoms with Crippen LogP contribution >= 0.6 is 11.3 Å². The Labute approximate surface area is 583 Å². The highest BCUT2D eigenvalue weighted by atomic mass is 32.1. The molecule has 1 fully saturated rings. The molecule has 98 heavy (non-hydrogen) atoms. The van der Waals surface area contributed by atoms with Crippen molar-refractivity contribution < 1.29 is 71.6 Å². The lowest BCUT2D eigenvalue weighted by molar-refractivity contribution is -0.161. The number of thiazole rings is 1. The first-order chi connectivity index (χ1) is 46.2. The highest BCUT2D eigenvalue weighted by molar-refractivity contribution is 7.09. The van der Waals surface area contributed by atoms with Crippen molar-refractivity contribution in [2.45, 2.75) is 197 Å². The van der Waals surface area contributed by atoms with Crippen LogP contribution in [-0.2, 0) is 63.8 Å². The zero-order chi connectivity index (χ0) is 73.0. The number of likely N-dealkylation sites (N-methyl/N-ethyl adjacent to an activating group) is 3. The maximum absolute atomic E-state index is 14.5. The summed E-state index contributed by atoms with van der Waals surface area (Å²) in [5.41, 5.74) is 1.84. The third-order valence-corrected chi connectivity index (χ3v) is 18.0. The molecule has 0 aliphatic carbocycles. The lowest BCUT2D eigenvalue weighted by Crippen LogP contribution is -2.59. The normalized spacial score (nSPS) is 15.7. The van der Waals surface area contributed by atoms with Crippen molar-refractivity contribution in [1.82, 2.24) is 45.5 Å². The van der Waals surface area contributed by atoms with Crippen molar-refractivity contribution in [3.8, 4) is 11.5 Å². The van der Waals surface area contributed by atoms with Gasteiger partial charge in [-0.2, -0.15) is 5.10 Å². The van der Waals surface area contributed by atoms with E-state index in [-0.39, 0.29) is 118 Å². The number of piperidine rings is 1. The minimum atomic E-state index is -1.29. The third-order valence-electron chi connectivity index (χ3n) is 16.9. The van der Waals surface area contributed by atoms with Crippen LogP contribution in [0.1, 0.15) is 176 Å². The van der Waals surface area contributed by atoms with E-state index in [0.717, 1.165) is 53.9 Å². The quantitative estimate of drug-likeness (QED) is 0.0122. The van der Waals surface area contributed by atoms with Crippen LogP contribution in [0.2, 0.25) is 0 Å². The van der Waals surface area contributed by atoms with E-state index in [1.165, 1.54) is 61.3 Å². The van der Waals surface area contributed by atoms with Gasteiger partial charge in [0.2, 0.25) is 23.6 Å². The molecule has 8 amide bonds. The summed E-state index contributed by atoms with van der Waals surface area (Å²) in [7, 11) is 4.96. The molecule has 0 radical (unpaired) electrons. The average molecular weight is 1390 g/mol. The highest BCUT2D eigenvalue weighted by Crippen LogP contribution is 2.32. The van der Waals surface area contributed by atoms with Crippen LogP contribution in [-0.4, -0.2) is 192 Å². The van der Waals surface area contributed by atoms with Gasteiger partial charge in [-0.1, -0.05) is 80.4 Å². The number of likely N-dealkylation sites (tertiary alicyclic amines) is 1. The molecule has 3 heterocycles. The van der Waals surface area contributed by atoms with Crippen LogP contribution in [0.25, 0.3) is 0 Å². The van der Waals surface area contributed by atoms with E-state index in [2.05, 4.69) is 39.9 Å². The van der Waals surface area contributed by atoms with Crippen molar-refractivity contribution >= 4 is 76.4 Å². The van der Waals surface area contributed by atoms with Crippen LogP contribution in [0.15, 0.2) is 71.2 Å². The van der Waals surface area contributed by atoms with Crippen molar-refractivity contribution in [2.24, 2.45) is 28.8 Å². The van der Waals surface area contributed by atoms with Gasteiger partial charge in [0.05, 0.1) is 25.0 Å². The molecule has 3 N–H and O–H groups in total. The smallest absolute Gasteiger partial charge is 0.415 e. The number of hydrogen-bond donors (Lipinski definition) is 3. The molecule has 26 heteroatoms. The molecule has 0 spiro atoms. The Morgan fingerprint density at radius 2 is 1.48 bits per heavy atom. The van der Waals surface area contributed by atoms with Gasteiger partial charge >= 0.3 is 18.0 Å². The van der Waals surface area contributed by atoms with Gasteiger partial charge in [-0.15, -0.1) is 11.3 Å². The van der Waals surface area contributed by atoms with Gasteiger partial charge in [0.15, 0.2) is 12.8 Å². The van der Waals surface area contributed by atoms with E-state index in [1.807, 2.05) is 90.1 Å². The second kappa shape index (κ2) is 40.7. The second-order valence-electron chi connectivity index (χ2n) is 26.9. The number of aromatic nitrogens is 1. The van der Waals surface area contributed by atoms with Crippen LogP contribution < -0.4 is 25.4 Å². The average Bonchev–Trinajstić information content (AvgIpc) is 0.969. The van der Waals surface area contributed by atoms with Crippen LogP contribution in [0.3, 0.4) is 0 Å². The zero-order valence-corrected chi connectivity index (χ0v) is 61.5. The molecular weight excluding hydrogens is 1280 g/mol. The lowest BCUT2D eigenvalue weighted by atomic mass is 9.92. The Hall–Kier alpha value is -8.10. The Morgan fingerprint density at radius 1 is 0.827 bits per heavy atom. The molecule has 3 aromatic rings. The van der Waals surface area contributed by atoms with Crippen molar-refractivity contribution in [1.29, 1.82) is 0 Å². The number of hydrogen-bond acceptors (Lipinski definition) is 19. The molecule has 6 unspecified atom stereocenters. The SMILES string of the molecule is CC(=O)NC(Cc1ccc(OC(=O)N(C)C(C)(C)C(=O)N(C)/N=C(/C)c2ccc(OCCOCCC(=O)NCCCN3C(=O)C=CC3=O)cc2)cc1)CC(C)C.CCC(C)C(NC(=O)C1CCCCN1C)C(=O)N(COC(=O)CC(C)C)C(CC(OC(C)=O)c1nc(C)cs1)C(C)C. The molecule has 2 aliphatic rings. The summed E-state index contributed by atoms with van der Waals surface area (Å²) in [6, 6.07) is 12.7. The van der Waals surface area contributed by atoms with Crippen molar-refractivity contribution in [2.75, 3.05) is 67.3 Å². The summed E-state index contributed by atoms with van der Waals surface area (Å²) >= 11 is 1.40. The molecule has 5 rings (SSSR count). The zero-order valence-electron chi connectivity index (χ0n) is 60.7. The number of carbonyl (C=O) groups excluding carboxylic acids is 10. The van der Waals surface area contributed by atoms with Gasteiger partial charge in [0.1, 0.15) is 34.7 Å². The number of carbonyl (C=O) groups is 10. The fourth-order valence-electron chi connectivity index (χ4n) is 11.0. The second-order valence-corrected chi connectivity index (χ2v) is 27.8. The van der Waals surface area contributed by atoms with Crippen molar-refractivity contribution in [3.63, 3.8) is 0 Å². The van der Waals surface area contributed by atoms with Crippen molar-refractivity contribution in [3.05, 3.63) is 87.9 Å². The number of nitrogens with one attached hydrogen (secondary N) is 3. The standard InChI is InChI=1S/C41H56N6O9.C31H52N4O6S/c1-28(2)26-33(43-30(4)48)27-31-10-14-35(15-11-31)56-40(53)45(7)41(5,6)39(52)46(8)44-29(3)32-12-16-34(17-13-32)55-25-24-54-23-20-36(49)42-21-9-22-47-37(50)18-19-38(47)51;1-10-21(6)28(33-29(38)24-13-11-12-14-34(24)9)31(39)35(18-40-27(37)15-19(2)3)25(20(4)5)16-26(41-23(8)36)30-32-22(7)17-42-30/h10-19,28,33H,9,20-27H2,1-8H3,(H,42,49)(H,43,48);17,19-21,24-26,28H,10-16,18H2,1-9H3,(H,33,38)/b44-29-;. The van der Waals surface area contributed by atoms with Gasteiger partial charge in [0.25, 0.3) is 17.7 Å². The number of aryl methyl sites for hydroxylation is 1. The fraction of sp³-hybridized carbons (Fsp3) is 0.611. The maximum Gasteiger partial charge on any atom is 0.415 e. The summed E-state index contributed by atoms with van der Waals surface area (Å²) in [6.45, 7) is 27.6. The number of imide groups is 1. The van der Waals surface area contributed by atoms with Gasteiger partial charge in [-0.05, 0) is 145 Å². The number of amides is 8. The molecule has 6 atom stereocenters. The number of rotatable bonds is 36. The molecule has 542 valence electrons. The Bertz CT molecular complexity index is 3170. The number of nitrogens with zero attached hydrogens (tertiary/aromatic N) is 7. The van der Waals surface area contributed by atoms with Crippen LogP contribution in [0.5, 0.6) is 11.5 Å². The van der Waals surface area contributed by atoms with E-state index in [1.54, 1.807) is 49.9 Å². The largest absolute Gasteiger partial charge is 0.491 e. The minimum Gasteiger partial charge on any atom is -0.491 e. The number of ether oxygens (including phenoxy) is 5. The lowest BCUT2D eigenvalue weighted by Gasteiger charge is -2.39. The van der Waals surface area contributed by atoms with Crippen LogP contribution in [0, 0.1) is 30.6 Å². The fourth-order valence-corrected chi connectivity index (χ4v) is 11.9. The molecule has 25 nitrogen and oxygen atoms in total. The molecule has 0 bridgehead atoms. The highest BCUT2D eigenvalue weighted by Gasteiger charge is 2.41. The van der Waals surface area contributed by atoms with Gasteiger partial charge in [-0.3, -0.25) is 57.9 Å². The van der Waals surface area contributed by atoms with E-state index in [0.29, 0.717) is 53.9 Å². The number of esters is 2. The van der Waals surface area contributed by atoms with E-state index >= 15 is 0 Å². The van der Waals surface area contributed by atoms with E-state index < -0.39 is 47.7 Å². The molecule has 0 saturated carbocycles. The summed E-state index contributed by atoms with van der Waals surface area (Å²) in [6.07, 6.45) is 7.11. The van der Waals surface area contributed by atoms with E-state index in [9.17, 15) is 47.9 Å². The first kappa shape index (κ1) is 82.3. The predicted octanol–water partition coefficient (Wildman–Crippen LogP) is 8.95. The van der Waals surface area contributed by atoms with E-state index in [4.69, 9.17) is 23.7 Å². The molecule has 2 aliphatic heterocycles. The monoisotopic (exact) mass is 1380 g/mol. The summed E-state index contributed by atoms with van der Waals surface area (Å²) in [4.78, 5) is 137. The topological polar surface area (TPSA) is 294 Å². The number of benzene rings is 2. The molecule has 1 saturated heterocycles. The Balaban J connectivity index is 0.000000434. The molecule has 1 aromatic heterocycles. The number of hydrazone groups is 1. The van der Waals surface area contributed by atoms with Gasteiger partial charge in [0, 0.05) is 95.6 Å². The minimum absolute atomic E-state index is 0.000197. The van der Waals surface area contributed by atoms with Crippen LogP contribution in [0.4, 0.5) is 4.79 Å². The summed E-state index contributed by atoms with van der Waals surface area (Å²) in [5.74, 6) is -1.49. The molecule has 2 aromatic carbocycles. The Kier molecular flexibility index (Phi) is 34.2. The first-order valence-electron chi connectivity index (χ1n) is 34.0. The summed E-state index contributed by atoms with van der Waals surface area (Å²) < 4.78 is 28.2. The van der Waals surface area contributed by atoms with Gasteiger partial charge < -0.3 is 44.5 Å². The first-order valence-corrected chi connectivity index (χ1v) is 34.9. The predicted molar refractivity (Wildman–Crippen MR) is 374 cm³/mol. The maximum atomic E-state index is 14.5. The van der Waals surface area contributed by atoms with Gasteiger partial charge in [-0.25, -0.2) is 14.8 Å². The Morgan fingerprint density at radius 3 is 2.05 bits per heavy atom. The molecular formula is C72H108N10O15S. The summed E-state index contributed by atoms with van der Waals surface area (Å²) in [5, 5.41) is 17.0. The third kappa shape index (κ3) is 27.3.